The second-order valence-corrected chi connectivity index (χ2v) is 4.87. The SMILES string of the molecule is C=C(Cc1cc(C)co1)[C@H]1CC=C(C)C(=O)C1. The Morgan fingerprint density at radius 2 is 2.29 bits per heavy atom. The summed E-state index contributed by atoms with van der Waals surface area (Å²) < 4.78 is 5.41. The average Bonchev–Trinajstić information content (AvgIpc) is 2.68. The van der Waals surface area contributed by atoms with Crippen molar-refractivity contribution in [3.05, 3.63) is 47.5 Å². The summed E-state index contributed by atoms with van der Waals surface area (Å²) in [6, 6.07) is 2.02. The van der Waals surface area contributed by atoms with Gasteiger partial charge in [-0.15, -0.1) is 0 Å². The summed E-state index contributed by atoms with van der Waals surface area (Å²) in [4.78, 5) is 11.6. The lowest BCUT2D eigenvalue weighted by Gasteiger charge is -2.21. The van der Waals surface area contributed by atoms with E-state index in [0.717, 1.165) is 35.3 Å². The molecule has 1 aromatic rings. The van der Waals surface area contributed by atoms with E-state index in [9.17, 15) is 4.79 Å². The molecule has 2 heteroatoms. The normalized spacial score (nSPS) is 20.2. The molecule has 0 fully saturated rings. The highest BCUT2D eigenvalue weighted by Gasteiger charge is 2.22. The summed E-state index contributed by atoms with van der Waals surface area (Å²) in [7, 11) is 0. The third-order valence-electron chi connectivity index (χ3n) is 3.34. The molecule has 90 valence electrons. The van der Waals surface area contributed by atoms with Gasteiger partial charge in [0.1, 0.15) is 5.76 Å². The van der Waals surface area contributed by atoms with Crippen LogP contribution in [-0.2, 0) is 11.2 Å². The summed E-state index contributed by atoms with van der Waals surface area (Å²) in [5.74, 6) is 1.46. The molecule has 0 aromatic carbocycles. The number of furan rings is 1. The zero-order chi connectivity index (χ0) is 12.4. The highest BCUT2D eigenvalue weighted by Crippen LogP contribution is 2.28. The second-order valence-electron chi connectivity index (χ2n) is 4.87. The van der Waals surface area contributed by atoms with Crippen molar-refractivity contribution >= 4 is 5.78 Å². The van der Waals surface area contributed by atoms with Crippen LogP contribution in [0, 0.1) is 12.8 Å². The number of rotatable bonds is 3. The van der Waals surface area contributed by atoms with Crippen molar-refractivity contribution < 1.29 is 9.21 Å². The van der Waals surface area contributed by atoms with Crippen LogP contribution < -0.4 is 0 Å². The molecule has 0 unspecified atom stereocenters. The van der Waals surface area contributed by atoms with Gasteiger partial charge in [-0.25, -0.2) is 0 Å². The monoisotopic (exact) mass is 230 g/mol. The molecule has 0 spiro atoms. The lowest BCUT2D eigenvalue weighted by atomic mass is 9.83. The van der Waals surface area contributed by atoms with E-state index in [1.807, 2.05) is 26.0 Å². The predicted octanol–water partition coefficient (Wildman–Crippen LogP) is 3.61. The number of aryl methyl sites for hydroxylation is 1. The third-order valence-corrected chi connectivity index (χ3v) is 3.34. The lowest BCUT2D eigenvalue weighted by molar-refractivity contribution is -0.116. The number of carbonyl (C=O) groups excluding carboxylic acids is 1. The molecular weight excluding hydrogens is 212 g/mol. The van der Waals surface area contributed by atoms with Gasteiger partial charge in [0, 0.05) is 12.8 Å². The average molecular weight is 230 g/mol. The minimum absolute atomic E-state index is 0.248. The van der Waals surface area contributed by atoms with Gasteiger partial charge in [0.05, 0.1) is 6.26 Å². The smallest absolute Gasteiger partial charge is 0.158 e. The zero-order valence-corrected chi connectivity index (χ0v) is 10.5. The Kier molecular flexibility index (Phi) is 3.32. The summed E-state index contributed by atoms with van der Waals surface area (Å²) in [6.07, 6.45) is 6.03. The summed E-state index contributed by atoms with van der Waals surface area (Å²) in [6.45, 7) is 7.99. The van der Waals surface area contributed by atoms with Crippen LogP contribution in [0.1, 0.15) is 31.1 Å². The van der Waals surface area contributed by atoms with E-state index >= 15 is 0 Å². The van der Waals surface area contributed by atoms with Crippen LogP contribution in [0.25, 0.3) is 0 Å². The van der Waals surface area contributed by atoms with Crippen LogP contribution in [0.4, 0.5) is 0 Å². The van der Waals surface area contributed by atoms with E-state index in [1.54, 1.807) is 6.26 Å². The van der Waals surface area contributed by atoms with Gasteiger partial charge in [-0.3, -0.25) is 4.79 Å². The molecule has 1 aromatic heterocycles. The minimum Gasteiger partial charge on any atom is -0.469 e. The van der Waals surface area contributed by atoms with Gasteiger partial charge in [0.15, 0.2) is 5.78 Å². The first kappa shape index (κ1) is 11.9. The standard InChI is InChI=1S/C15H18O2/c1-10-6-14(17-9-10)7-12(3)13-5-4-11(2)15(16)8-13/h4,6,9,13H,3,5,7-8H2,1-2H3/t13-/m0/s1. The minimum atomic E-state index is 0.248. The molecule has 17 heavy (non-hydrogen) atoms. The number of hydrogen-bond donors (Lipinski definition) is 0. The quantitative estimate of drug-likeness (QED) is 0.742. The molecule has 1 atom stereocenters. The Balaban J connectivity index is 2.00. The number of Topliss-reactive ketones (excluding diaryl/α,β-unsaturated/α-hetero) is 1. The fourth-order valence-corrected chi connectivity index (χ4v) is 2.16. The van der Waals surface area contributed by atoms with Crippen molar-refractivity contribution in [3.63, 3.8) is 0 Å². The second kappa shape index (κ2) is 4.74. The molecule has 1 heterocycles. The van der Waals surface area contributed by atoms with E-state index in [0.29, 0.717) is 6.42 Å². The number of allylic oxidation sites excluding steroid dienone is 3. The van der Waals surface area contributed by atoms with Gasteiger partial charge in [-0.05, 0) is 43.4 Å². The Bertz CT molecular complexity index is 477. The van der Waals surface area contributed by atoms with Gasteiger partial charge in [0.25, 0.3) is 0 Å². The van der Waals surface area contributed by atoms with Crippen molar-refractivity contribution in [3.8, 4) is 0 Å². The molecule has 1 aliphatic rings. The molecule has 0 N–H and O–H groups in total. The summed E-state index contributed by atoms with van der Waals surface area (Å²) >= 11 is 0. The van der Waals surface area contributed by atoms with Crippen LogP contribution >= 0.6 is 0 Å². The number of ketones is 1. The van der Waals surface area contributed by atoms with E-state index in [1.165, 1.54) is 0 Å². The molecule has 0 radical (unpaired) electrons. The maximum Gasteiger partial charge on any atom is 0.158 e. The topological polar surface area (TPSA) is 30.2 Å². The van der Waals surface area contributed by atoms with Crippen molar-refractivity contribution in [1.82, 2.24) is 0 Å². The first-order valence-corrected chi connectivity index (χ1v) is 5.98. The number of carbonyl (C=O) groups is 1. The zero-order valence-electron chi connectivity index (χ0n) is 10.5. The highest BCUT2D eigenvalue weighted by molar-refractivity contribution is 5.95. The van der Waals surface area contributed by atoms with Crippen LogP contribution in [-0.4, -0.2) is 5.78 Å². The van der Waals surface area contributed by atoms with Crippen molar-refractivity contribution in [2.24, 2.45) is 5.92 Å². The molecule has 1 aliphatic carbocycles. The van der Waals surface area contributed by atoms with Crippen LogP contribution in [0.3, 0.4) is 0 Å². The van der Waals surface area contributed by atoms with Crippen molar-refractivity contribution in [2.75, 3.05) is 0 Å². The van der Waals surface area contributed by atoms with Crippen LogP contribution in [0.5, 0.6) is 0 Å². The maximum atomic E-state index is 11.6. The van der Waals surface area contributed by atoms with Crippen molar-refractivity contribution in [1.29, 1.82) is 0 Å². The highest BCUT2D eigenvalue weighted by atomic mass is 16.3. The summed E-state index contributed by atoms with van der Waals surface area (Å²) in [5, 5.41) is 0. The molecule has 0 amide bonds. The van der Waals surface area contributed by atoms with Gasteiger partial charge < -0.3 is 4.42 Å². The largest absolute Gasteiger partial charge is 0.469 e. The molecule has 0 bridgehead atoms. The molecule has 2 nitrogen and oxygen atoms in total. The van der Waals surface area contributed by atoms with E-state index < -0.39 is 0 Å². The molecular formula is C15H18O2. The van der Waals surface area contributed by atoms with E-state index in [2.05, 4.69) is 6.58 Å². The van der Waals surface area contributed by atoms with Crippen LogP contribution in [0.15, 0.2) is 40.5 Å². The first-order valence-electron chi connectivity index (χ1n) is 5.98. The lowest BCUT2D eigenvalue weighted by Crippen LogP contribution is -2.16. The molecule has 0 saturated heterocycles. The van der Waals surface area contributed by atoms with E-state index in [4.69, 9.17) is 4.42 Å². The fraction of sp³-hybridized carbons (Fsp3) is 0.400. The first-order chi connectivity index (χ1) is 8.06. The van der Waals surface area contributed by atoms with Gasteiger partial charge >= 0.3 is 0 Å². The van der Waals surface area contributed by atoms with Crippen molar-refractivity contribution in [2.45, 2.75) is 33.1 Å². The summed E-state index contributed by atoms with van der Waals surface area (Å²) in [5.41, 5.74) is 3.11. The third kappa shape index (κ3) is 2.76. The Morgan fingerprint density at radius 1 is 1.53 bits per heavy atom. The van der Waals surface area contributed by atoms with Gasteiger partial charge in [-0.2, -0.15) is 0 Å². The van der Waals surface area contributed by atoms with E-state index in [-0.39, 0.29) is 11.7 Å². The Morgan fingerprint density at radius 3 is 2.88 bits per heavy atom. The Labute approximate surface area is 102 Å². The van der Waals surface area contributed by atoms with Crippen LogP contribution in [0.2, 0.25) is 0 Å². The van der Waals surface area contributed by atoms with Gasteiger partial charge in [-0.1, -0.05) is 18.2 Å². The Hall–Kier alpha value is -1.57. The molecule has 2 rings (SSSR count). The maximum absolute atomic E-state index is 11.6. The fourth-order valence-electron chi connectivity index (χ4n) is 2.16. The molecule has 0 saturated carbocycles. The van der Waals surface area contributed by atoms with Gasteiger partial charge in [0.2, 0.25) is 0 Å². The number of hydrogen-bond acceptors (Lipinski definition) is 2. The molecule has 0 aliphatic heterocycles. The predicted molar refractivity (Wildman–Crippen MR) is 67.8 cm³/mol.